The Morgan fingerprint density at radius 1 is 1.16 bits per heavy atom. The second kappa shape index (κ2) is 6.12. The molecule has 1 aliphatic carbocycles. The summed E-state index contributed by atoms with van der Waals surface area (Å²) in [5.41, 5.74) is 2.20. The van der Waals surface area contributed by atoms with E-state index < -0.39 is 0 Å². The number of furan rings is 1. The molecule has 0 radical (unpaired) electrons. The molecule has 2 heterocycles. The fraction of sp³-hybridized carbons (Fsp3) is 0.263. The molecule has 1 aromatic carbocycles. The van der Waals surface area contributed by atoms with Crippen molar-refractivity contribution in [3.8, 4) is 5.75 Å². The van der Waals surface area contributed by atoms with Crippen molar-refractivity contribution >= 4 is 16.9 Å². The number of nitrogens with one attached hydrogen (secondary N) is 1. The Morgan fingerprint density at radius 3 is 2.84 bits per heavy atom. The molecule has 6 nitrogen and oxygen atoms in total. The minimum Gasteiger partial charge on any atom is -0.486 e. The minimum absolute atomic E-state index is 0.210. The van der Waals surface area contributed by atoms with Crippen LogP contribution in [0.2, 0.25) is 0 Å². The van der Waals surface area contributed by atoms with Gasteiger partial charge in [0.1, 0.15) is 23.7 Å². The van der Waals surface area contributed by atoms with E-state index >= 15 is 0 Å². The molecular formula is C19H17NO5. The van der Waals surface area contributed by atoms with Gasteiger partial charge < -0.3 is 18.9 Å². The summed E-state index contributed by atoms with van der Waals surface area (Å²) in [6.07, 6.45) is 2.63. The van der Waals surface area contributed by atoms with Crippen molar-refractivity contribution in [3.63, 3.8) is 0 Å². The van der Waals surface area contributed by atoms with E-state index in [1.807, 2.05) is 6.07 Å². The van der Waals surface area contributed by atoms with Crippen LogP contribution in [0, 0.1) is 0 Å². The van der Waals surface area contributed by atoms with Crippen molar-refractivity contribution in [2.24, 2.45) is 0 Å². The van der Waals surface area contributed by atoms with Crippen LogP contribution in [0.5, 0.6) is 5.75 Å². The molecule has 128 valence electrons. The van der Waals surface area contributed by atoms with Crippen LogP contribution in [0.15, 0.2) is 44.0 Å². The third-order valence-corrected chi connectivity index (χ3v) is 4.44. The molecular weight excluding hydrogens is 322 g/mol. The summed E-state index contributed by atoms with van der Waals surface area (Å²) in [7, 11) is 1.55. The van der Waals surface area contributed by atoms with Gasteiger partial charge in [0.2, 0.25) is 0 Å². The van der Waals surface area contributed by atoms with E-state index in [-0.39, 0.29) is 23.9 Å². The smallest absolute Gasteiger partial charge is 0.339 e. The quantitative estimate of drug-likeness (QED) is 0.739. The maximum Gasteiger partial charge on any atom is 0.339 e. The molecule has 6 heteroatoms. The number of fused-ring (bicyclic) bond motifs is 3. The monoisotopic (exact) mass is 339 g/mol. The van der Waals surface area contributed by atoms with Crippen LogP contribution in [0.3, 0.4) is 0 Å². The van der Waals surface area contributed by atoms with Gasteiger partial charge in [0, 0.05) is 18.0 Å². The van der Waals surface area contributed by atoms with E-state index in [0.29, 0.717) is 17.1 Å². The standard InChI is InChI=1S/C19H17NO5/c1-20-18(21)17-8-6-12(24-17)10-23-11-5-7-16-15(9-11)13-3-2-4-14(13)19(22)25-16/h5-9H,2-4,10H2,1H3,(H,20,21). The predicted octanol–water partition coefficient (Wildman–Crippen LogP) is 2.81. The molecule has 0 atom stereocenters. The van der Waals surface area contributed by atoms with Crippen LogP contribution >= 0.6 is 0 Å². The lowest BCUT2D eigenvalue weighted by atomic mass is 10.1. The molecule has 0 unspecified atom stereocenters. The number of hydrogen-bond donors (Lipinski definition) is 1. The van der Waals surface area contributed by atoms with Crippen LogP contribution in [0.25, 0.3) is 11.0 Å². The zero-order chi connectivity index (χ0) is 17.4. The molecule has 25 heavy (non-hydrogen) atoms. The first-order chi connectivity index (χ1) is 12.2. The highest BCUT2D eigenvalue weighted by Gasteiger charge is 2.20. The Labute approximate surface area is 143 Å². The zero-order valence-corrected chi connectivity index (χ0v) is 13.8. The minimum atomic E-state index is -0.275. The predicted molar refractivity (Wildman–Crippen MR) is 90.9 cm³/mol. The third-order valence-electron chi connectivity index (χ3n) is 4.44. The molecule has 2 aromatic heterocycles. The van der Waals surface area contributed by atoms with Crippen LogP contribution in [-0.2, 0) is 19.4 Å². The van der Waals surface area contributed by atoms with Crippen molar-refractivity contribution in [2.75, 3.05) is 7.05 Å². The van der Waals surface area contributed by atoms with Crippen LogP contribution in [0.1, 0.15) is 33.9 Å². The topological polar surface area (TPSA) is 81.7 Å². The molecule has 1 amide bonds. The van der Waals surface area contributed by atoms with Crippen molar-refractivity contribution in [1.82, 2.24) is 5.32 Å². The molecule has 1 aliphatic rings. The Bertz CT molecular complexity index is 1010. The summed E-state index contributed by atoms with van der Waals surface area (Å²) in [5, 5.41) is 3.43. The molecule has 0 aliphatic heterocycles. The van der Waals surface area contributed by atoms with E-state index in [1.165, 1.54) is 0 Å². The summed E-state index contributed by atoms with van der Waals surface area (Å²) >= 11 is 0. The third kappa shape index (κ3) is 2.80. The summed E-state index contributed by atoms with van der Waals surface area (Å²) in [6.45, 7) is 0.210. The maximum absolute atomic E-state index is 12.0. The molecule has 0 fully saturated rings. The SMILES string of the molecule is CNC(=O)c1ccc(COc2ccc3oc(=O)c4c(c3c2)CCC4)o1. The highest BCUT2D eigenvalue weighted by atomic mass is 16.5. The average Bonchev–Trinajstić information content (AvgIpc) is 3.29. The summed E-state index contributed by atoms with van der Waals surface area (Å²) < 4.78 is 16.6. The van der Waals surface area contributed by atoms with Gasteiger partial charge in [-0.25, -0.2) is 4.79 Å². The van der Waals surface area contributed by atoms with Gasteiger partial charge >= 0.3 is 5.63 Å². The van der Waals surface area contributed by atoms with Crippen molar-refractivity contribution in [3.05, 3.63) is 63.4 Å². The molecule has 3 aromatic rings. The fourth-order valence-corrected chi connectivity index (χ4v) is 3.21. The van der Waals surface area contributed by atoms with E-state index in [0.717, 1.165) is 35.8 Å². The number of aryl methyl sites for hydroxylation is 1. The van der Waals surface area contributed by atoms with E-state index in [9.17, 15) is 9.59 Å². The maximum atomic E-state index is 12.0. The summed E-state index contributed by atoms with van der Waals surface area (Å²) in [6, 6.07) is 8.73. The Morgan fingerprint density at radius 2 is 2.00 bits per heavy atom. The van der Waals surface area contributed by atoms with Gasteiger partial charge in [-0.2, -0.15) is 0 Å². The number of hydrogen-bond acceptors (Lipinski definition) is 5. The van der Waals surface area contributed by atoms with Crippen LogP contribution in [-0.4, -0.2) is 13.0 Å². The average molecular weight is 339 g/mol. The van der Waals surface area contributed by atoms with Gasteiger partial charge in [0.25, 0.3) is 5.91 Å². The van der Waals surface area contributed by atoms with Gasteiger partial charge in [-0.1, -0.05) is 0 Å². The Balaban J connectivity index is 1.58. The Kier molecular flexibility index (Phi) is 3.80. The van der Waals surface area contributed by atoms with Crippen molar-refractivity contribution in [1.29, 1.82) is 0 Å². The largest absolute Gasteiger partial charge is 0.486 e. The summed E-state index contributed by atoms with van der Waals surface area (Å²) in [4.78, 5) is 23.5. The zero-order valence-electron chi connectivity index (χ0n) is 13.8. The van der Waals surface area contributed by atoms with Gasteiger partial charge in [0.05, 0.1) is 0 Å². The second-order valence-electron chi connectivity index (χ2n) is 5.99. The van der Waals surface area contributed by atoms with Gasteiger partial charge in [-0.3, -0.25) is 4.79 Å². The molecule has 0 bridgehead atoms. The molecule has 0 saturated carbocycles. The van der Waals surface area contributed by atoms with E-state index in [4.69, 9.17) is 13.6 Å². The number of ether oxygens (including phenoxy) is 1. The van der Waals surface area contributed by atoms with E-state index in [2.05, 4.69) is 5.32 Å². The lowest BCUT2D eigenvalue weighted by Gasteiger charge is -2.08. The number of rotatable bonds is 4. The normalized spacial score (nSPS) is 13.0. The first kappa shape index (κ1) is 15.5. The van der Waals surface area contributed by atoms with Crippen molar-refractivity contribution in [2.45, 2.75) is 25.9 Å². The number of carbonyl (C=O) groups excluding carboxylic acids is 1. The lowest BCUT2D eigenvalue weighted by Crippen LogP contribution is -2.16. The number of amides is 1. The fourth-order valence-electron chi connectivity index (χ4n) is 3.21. The molecule has 0 spiro atoms. The van der Waals surface area contributed by atoms with Gasteiger partial charge in [0.15, 0.2) is 5.76 Å². The first-order valence-corrected chi connectivity index (χ1v) is 8.18. The van der Waals surface area contributed by atoms with Gasteiger partial charge in [-0.15, -0.1) is 0 Å². The van der Waals surface area contributed by atoms with Crippen LogP contribution < -0.4 is 15.7 Å². The molecule has 0 saturated heterocycles. The van der Waals surface area contributed by atoms with E-state index in [1.54, 1.807) is 31.3 Å². The second-order valence-corrected chi connectivity index (χ2v) is 5.99. The summed E-state index contributed by atoms with van der Waals surface area (Å²) in [5.74, 6) is 1.19. The molecule has 4 rings (SSSR count). The number of benzene rings is 1. The lowest BCUT2D eigenvalue weighted by molar-refractivity contribution is 0.0931. The molecule has 1 N–H and O–H groups in total. The Hall–Kier alpha value is -3.02. The highest BCUT2D eigenvalue weighted by molar-refractivity contribution is 5.91. The van der Waals surface area contributed by atoms with Gasteiger partial charge in [-0.05, 0) is 55.2 Å². The van der Waals surface area contributed by atoms with Crippen molar-refractivity contribution < 1.29 is 18.4 Å². The number of carbonyl (C=O) groups is 1. The highest BCUT2D eigenvalue weighted by Crippen LogP contribution is 2.30. The first-order valence-electron chi connectivity index (χ1n) is 8.18. The van der Waals surface area contributed by atoms with Crippen LogP contribution in [0.4, 0.5) is 0 Å².